The largest absolute Gasteiger partial charge is 0.449 e. The number of hydrogen-bond acceptors (Lipinski definition) is 4. The van der Waals surface area contributed by atoms with Crippen LogP contribution in [-0.2, 0) is 19.4 Å². The predicted molar refractivity (Wildman–Crippen MR) is 75.2 cm³/mol. The van der Waals surface area contributed by atoms with E-state index >= 15 is 0 Å². The van der Waals surface area contributed by atoms with Crippen molar-refractivity contribution < 1.29 is 21.9 Å². The van der Waals surface area contributed by atoms with Crippen LogP contribution in [0.3, 0.4) is 0 Å². The molecule has 6 heteroatoms. The summed E-state index contributed by atoms with van der Waals surface area (Å²) in [5, 5.41) is 1.92. The van der Waals surface area contributed by atoms with Crippen LogP contribution in [0.4, 0.5) is 0 Å². The predicted octanol–water partition coefficient (Wildman–Crippen LogP) is 2.59. The van der Waals surface area contributed by atoms with Crippen LogP contribution in [-0.4, -0.2) is 18.9 Å². The lowest BCUT2D eigenvalue weighted by molar-refractivity contribution is -0.129. The van der Waals surface area contributed by atoms with Gasteiger partial charge in [-0.3, -0.25) is 4.55 Å². The van der Waals surface area contributed by atoms with Gasteiger partial charge in [-0.15, -0.1) is 0 Å². The second-order valence-electron chi connectivity index (χ2n) is 4.19. The topological polar surface area (TPSA) is 80.7 Å². The Morgan fingerprint density at radius 3 is 2.50 bits per heavy atom. The zero-order valence-electron chi connectivity index (χ0n) is 10.6. The van der Waals surface area contributed by atoms with Crippen LogP contribution < -0.4 is 0 Å². The van der Waals surface area contributed by atoms with E-state index in [1.807, 2.05) is 36.4 Å². The highest BCUT2D eigenvalue weighted by atomic mass is 32.3. The normalized spacial score (nSPS) is 12.4. The van der Waals surface area contributed by atoms with Gasteiger partial charge < -0.3 is 4.18 Å². The molecule has 0 spiro atoms. The van der Waals surface area contributed by atoms with E-state index in [1.54, 1.807) is 6.07 Å². The van der Waals surface area contributed by atoms with Crippen molar-refractivity contribution in [3.05, 3.63) is 53.6 Å². The quantitative estimate of drug-likeness (QED) is 0.694. The molecule has 2 aromatic carbocycles. The van der Waals surface area contributed by atoms with Gasteiger partial charge in [-0.25, -0.2) is 4.79 Å². The van der Waals surface area contributed by atoms with Crippen molar-refractivity contribution in [1.29, 1.82) is 0 Å². The molecule has 0 bridgehead atoms. The van der Waals surface area contributed by atoms with E-state index in [4.69, 9.17) is 4.55 Å². The molecule has 104 valence electrons. The highest BCUT2D eigenvalue weighted by Gasteiger charge is 2.15. The zero-order valence-corrected chi connectivity index (χ0v) is 11.4. The Hall–Kier alpha value is -2.18. The number of hydrogen-bond donors (Lipinski definition) is 1. The van der Waals surface area contributed by atoms with E-state index < -0.39 is 16.4 Å². The molecule has 5 nitrogen and oxygen atoms in total. The maximum absolute atomic E-state index is 11.5. The summed E-state index contributed by atoms with van der Waals surface area (Å²) >= 11 is 0. The van der Waals surface area contributed by atoms with Gasteiger partial charge in [-0.1, -0.05) is 42.5 Å². The first-order valence-corrected chi connectivity index (χ1v) is 7.10. The number of carbonyl (C=O) groups excluding carboxylic acids is 1. The minimum absolute atomic E-state index is 0.0685. The summed E-state index contributed by atoms with van der Waals surface area (Å²) < 4.78 is 33.4. The van der Waals surface area contributed by atoms with E-state index in [0.29, 0.717) is 0 Å². The second kappa shape index (κ2) is 5.44. The molecule has 0 heterocycles. The standard InChI is InChI=1S/C14H12O5S/c1-10(14(15)19-20(16,17)18)9-12-7-4-6-11-5-2-3-8-13(11)12/h2-9H,1H3,(H,16,17,18)/b10-9+. The van der Waals surface area contributed by atoms with Gasteiger partial charge in [0.1, 0.15) is 0 Å². The molecule has 0 aromatic heterocycles. The van der Waals surface area contributed by atoms with Crippen molar-refractivity contribution in [2.75, 3.05) is 0 Å². The van der Waals surface area contributed by atoms with Crippen LogP contribution in [0, 0.1) is 0 Å². The summed E-state index contributed by atoms with van der Waals surface area (Å²) in [6, 6.07) is 13.1. The first-order valence-electron chi connectivity index (χ1n) is 5.74. The van der Waals surface area contributed by atoms with Gasteiger partial charge in [0.05, 0.1) is 0 Å². The fourth-order valence-corrected chi connectivity index (χ4v) is 2.15. The lowest BCUT2D eigenvalue weighted by atomic mass is 10.0. The number of carbonyl (C=O) groups is 1. The van der Waals surface area contributed by atoms with E-state index in [2.05, 4.69) is 4.18 Å². The van der Waals surface area contributed by atoms with Gasteiger partial charge >= 0.3 is 16.4 Å². The zero-order chi connectivity index (χ0) is 14.8. The van der Waals surface area contributed by atoms with Crippen LogP contribution in [0.25, 0.3) is 16.8 Å². The van der Waals surface area contributed by atoms with Gasteiger partial charge in [-0.2, -0.15) is 8.42 Å². The van der Waals surface area contributed by atoms with Gasteiger partial charge in [0.15, 0.2) is 0 Å². The van der Waals surface area contributed by atoms with Crippen molar-refractivity contribution >= 4 is 33.2 Å². The molecule has 0 saturated carbocycles. The Labute approximate surface area is 116 Å². The molecule has 0 aliphatic rings. The monoisotopic (exact) mass is 292 g/mol. The maximum atomic E-state index is 11.5. The van der Waals surface area contributed by atoms with Crippen LogP contribution >= 0.6 is 0 Å². The third-order valence-corrected chi connectivity index (χ3v) is 3.06. The van der Waals surface area contributed by atoms with E-state index in [0.717, 1.165) is 16.3 Å². The van der Waals surface area contributed by atoms with Gasteiger partial charge in [0.2, 0.25) is 0 Å². The molecular weight excluding hydrogens is 280 g/mol. The van der Waals surface area contributed by atoms with Crippen LogP contribution in [0.1, 0.15) is 12.5 Å². The first kappa shape index (κ1) is 14.2. The molecule has 0 atom stereocenters. The molecule has 0 fully saturated rings. The molecule has 1 N–H and O–H groups in total. The van der Waals surface area contributed by atoms with E-state index in [1.165, 1.54) is 13.0 Å². The Morgan fingerprint density at radius 1 is 1.15 bits per heavy atom. The summed E-state index contributed by atoms with van der Waals surface area (Å²) in [6.45, 7) is 1.41. The average molecular weight is 292 g/mol. The van der Waals surface area contributed by atoms with Crippen molar-refractivity contribution in [3.63, 3.8) is 0 Å². The van der Waals surface area contributed by atoms with Crippen LogP contribution in [0.15, 0.2) is 48.0 Å². The highest BCUT2D eigenvalue weighted by Crippen LogP contribution is 2.21. The molecule has 2 rings (SSSR count). The molecule has 20 heavy (non-hydrogen) atoms. The number of fused-ring (bicyclic) bond motifs is 1. The minimum Gasteiger partial charge on any atom is -0.321 e. The molecule has 2 aromatic rings. The third-order valence-electron chi connectivity index (χ3n) is 2.70. The van der Waals surface area contributed by atoms with Gasteiger partial charge in [-0.05, 0) is 29.3 Å². The summed E-state index contributed by atoms with van der Waals surface area (Å²) in [4.78, 5) is 11.5. The molecule has 0 amide bonds. The molecule has 0 unspecified atom stereocenters. The third kappa shape index (κ3) is 3.43. The van der Waals surface area contributed by atoms with Crippen molar-refractivity contribution in [2.45, 2.75) is 6.92 Å². The summed E-state index contributed by atoms with van der Waals surface area (Å²) in [7, 11) is -4.79. The van der Waals surface area contributed by atoms with Crippen molar-refractivity contribution in [2.24, 2.45) is 0 Å². The molecule has 0 aliphatic heterocycles. The number of rotatable bonds is 3. The molecular formula is C14H12O5S. The van der Waals surface area contributed by atoms with Crippen molar-refractivity contribution in [3.8, 4) is 0 Å². The lowest BCUT2D eigenvalue weighted by Gasteiger charge is -2.04. The smallest absolute Gasteiger partial charge is 0.321 e. The average Bonchev–Trinajstić information content (AvgIpc) is 2.37. The number of benzene rings is 2. The fourth-order valence-electron chi connectivity index (χ4n) is 1.83. The fraction of sp³-hybridized carbons (Fsp3) is 0.0714. The van der Waals surface area contributed by atoms with Crippen molar-refractivity contribution in [1.82, 2.24) is 0 Å². The summed E-state index contributed by atoms with van der Waals surface area (Å²) in [6.07, 6.45) is 1.51. The van der Waals surface area contributed by atoms with Crippen LogP contribution in [0.5, 0.6) is 0 Å². The van der Waals surface area contributed by atoms with Gasteiger partial charge in [0.25, 0.3) is 0 Å². The van der Waals surface area contributed by atoms with E-state index in [-0.39, 0.29) is 5.57 Å². The maximum Gasteiger partial charge on any atom is 0.449 e. The minimum atomic E-state index is -4.79. The Morgan fingerprint density at radius 2 is 1.80 bits per heavy atom. The Balaban J connectivity index is 2.40. The molecule has 0 radical (unpaired) electrons. The van der Waals surface area contributed by atoms with Crippen LogP contribution in [0.2, 0.25) is 0 Å². The highest BCUT2D eigenvalue weighted by molar-refractivity contribution is 7.81. The summed E-state index contributed by atoms with van der Waals surface area (Å²) in [5.74, 6) is -1.11. The summed E-state index contributed by atoms with van der Waals surface area (Å²) in [5.41, 5.74) is 0.826. The Kier molecular flexibility index (Phi) is 3.87. The molecule has 0 aliphatic carbocycles. The van der Waals surface area contributed by atoms with E-state index in [9.17, 15) is 13.2 Å². The van der Waals surface area contributed by atoms with Gasteiger partial charge in [0, 0.05) is 5.57 Å². The molecule has 0 saturated heterocycles. The Bertz CT molecular complexity index is 785. The lowest BCUT2D eigenvalue weighted by Crippen LogP contribution is -2.12. The SMILES string of the molecule is C/C(=C\c1cccc2ccccc12)C(=O)OS(=O)(=O)O. The first-order chi connectivity index (χ1) is 9.37. The second-order valence-corrected chi connectivity index (χ2v) is 5.22.